The largest absolute Gasteiger partial charge is 0.338 e. The Hall–Kier alpha value is -3.98. The van der Waals surface area contributed by atoms with Crippen LogP contribution in [0, 0.1) is 6.92 Å². The van der Waals surface area contributed by atoms with E-state index in [0.717, 1.165) is 28.6 Å². The van der Waals surface area contributed by atoms with Gasteiger partial charge in [0.2, 0.25) is 0 Å². The number of aryl methyl sites for hydroxylation is 2. The molecule has 0 unspecified atom stereocenters. The molecular weight excluding hydrogens is 438 g/mol. The molecule has 1 amide bonds. The highest BCUT2D eigenvalue weighted by molar-refractivity contribution is 7.90. The van der Waals surface area contributed by atoms with E-state index in [-0.39, 0.29) is 10.5 Å². The standard InChI is InChI=1S/C24H23N5O3S/c1-16-7-4-5-10-21(16)27-23-22(12-18(13-25-23)19-14-26-29(2)15-19)28-24(30)17-8-6-9-20(11-17)33(3,31)32/h4-15H,1-3H3,(H,25,27)(H,28,30). The van der Waals surface area contributed by atoms with E-state index in [9.17, 15) is 13.2 Å². The number of carbonyl (C=O) groups excluding carboxylic acids is 1. The Labute approximate surface area is 192 Å². The number of carbonyl (C=O) groups is 1. The Morgan fingerprint density at radius 3 is 2.45 bits per heavy atom. The van der Waals surface area contributed by atoms with E-state index >= 15 is 0 Å². The SMILES string of the molecule is Cc1ccccc1Nc1ncc(-c2cnn(C)c2)cc1NC(=O)c1cccc(S(C)(=O)=O)c1. The van der Waals surface area contributed by atoms with Crippen LogP contribution in [0.15, 0.2) is 78.1 Å². The van der Waals surface area contributed by atoms with Crippen LogP contribution in [0.5, 0.6) is 0 Å². The van der Waals surface area contributed by atoms with Crippen LogP contribution in [0.3, 0.4) is 0 Å². The van der Waals surface area contributed by atoms with Crippen molar-refractivity contribution in [3.05, 3.63) is 84.3 Å². The van der Waals surface area contributed by atoms with Gasteiger partial charge in [0.1, 0.15) is 0 Å². The number of hydrogen-bond acceptors (Lipinski definition) is 6. The maximum atomic E-state index is 13.0. The molecule has 0 spiro atoms. The predicted octanol–water partition coefficient (Wildman–Crippen LogP) is 4.19. The molecule has 0 aliphatic rings. The third-order valence-corrected chi connectivity index (χ3v) is 6.21. The van der Waals surface area contributed by atoms with Gasteiger partial charge in [-0.25, -0.2) is 13.4 Å². The molecule has 0 fully saturated rings. The van der Waals surface area contributed by atoms with Crippen molar-refractivity contribution in [3.63, 3.8) is 0 Å². The van der Waals surface area contributed by atoms with Gasteiger partial charge in [-0.05, 0) is 42.8 Å². The molecule has 2 N–H and O–H groups in total. The van der Waals surface area contributed by atoms with Gasteiger partial charge in [-0.15, -0.1) is 0 Å². The first-order valence-corrected chi connectivity index (χ1v) is 12.0. The Kier molecular flexibility index (Phi) is 5.97. The fourth-order valence-corrected chi connectivity index (χ4v) is 3.96. The lowest BCUT2D eigenvalue weighted by molar-refractivity contribution is 0.102. The summed E-state index contributed by atoms with van der Waals surface area (Å²) in [5, 5.41) is 10.3. The molecule has 2 aromatic heterocycles. The number of sulfone groups is 1. The van der Waals surface area contributed by atoms with E-state index in [2.05, 4.69) is 20.7 Å². The number of benzene rings is 2. The highest BCUT2D eigenvalue weighted by atomic mass is 32.2. The Bertz CT molecular complexity index is 1440. The van der Waals surface area contributed by atoms with E-state index < -0.39 is 15.7 Å². The molecule has 2 aromatic carbocycles. The van der Waals surface area contributed by atoms with Gasteiger partial charge in [-0.2, -0.15) is 5.10 Å². The van der Waals surface area contributed by atoms with E-state index in [4.69, 9.17) is 0 Å². The van der Waals surface area contributed by atoms with Gasteiger partial charge < -0.3 is 10.6 Å². The normalized spacial score (nSPS) is 11.2. The summed E-state index contributed by atoms with van der Waals surface area (Å²) in [6.07, 6.45) is 6.38. The molecule has 0 radical (unpaired) electrons. The molecule has 0 atom stereocenters. The maximum absolute atomic E-state index is 13.0. The third kappa shape index (κ3) is 5.09. The molecule has 2 heterocycles. The van der Waals surface area contributed by atoms with Crippen molar-refractivity contribution in [1.82, 2.24) is 14.8 Å². The topological polar surface area (TPSA) is 106 Å². The van der Waals surface area contributed by atoms with Crippen LogP contribution in [0.1, 0.15) is 15.9 Å². The molecule has 33 heavy (non-hydrogen) atoms. The first-order chi connectivity index (χ1) is 15.7. The molecule has 4 rings (SSSR count). The fraction of sp³-hybridized carbons (Fsp3) is 0.125. The van der Waals surface area contributed by atoms with Crippen LogP contribution >= 0.6 is 0 Å². The van der Waals surface area contributed by atoms with Crippen molar-refractivity contribution in [3.8, 4) is 11.1 Å². The van der Waals surface area contributed by atoms with Crippen molar-refractivity contribution in [1.29, 1.82) is 0 Å². The van der Waals surface area contributed by atoms with E-state index in [1.807, 2.05) is 50.5 Å². The van der Waals surface area contributed by atoms with Gasteiger partial charge in [0, 0.05) is 48.1 Å². The quantitative estimate of drug-likeness (QED) is 0.446. The molecule has 0 aliphatic carbocycles. The van der Waals surface area contributed by atoms with E-state index in [1.54, 1.807) is 29.2 Å². The summed E-state index contributed by atoms with van der Waals surface area (Å²) in [5.41, 5.74) is 4.18. The van der Waals surface area contributed by atoms with Crippen molar-refractivity contribution >= 4 is 32.9 Å². The minimum Gasteiger partial charge on any atom is -0.338 e. The van der Waals surface area contributed by atoms with Gasteiger partial charge in [0.15, 0.2) is 15.7 Å². The maximum Gasteiger partial charge on any atom is 0.255 e. The molecule has 168 valence electrons. The summed E-state index contributed by atoms with van der Waals surface area (Å²) in [6, 6.07) is 15.5. The highest BCUT2D eigenvalue weighted by Gasteiger charge is 2.16. The lowest BCUT2D eigenvalue weighted by atomic mass is 10.1. The Morgan fingerprint density at radius 1 is 0.970 bits per heavy atom. The van der Waals surface area contributed by atoms with E-state index in [1.165, 1.54) is 12.1 Å². The monoisotopic (exact) mass is 461 g/mol. The third-order valence-electron chi connectivity index (χ3n) is 5.10. The molecule has 4 aromatic rings. The van der Waals surface area contributed by atoms with Crippen LogP contribution in [0.25, 0.3) is 11.1 Å². The average molecular weight is 462 g/mol. The second-order valence-corrected chi connectivity index (χ2v) is 9.73. The smallest absolute Gasteiger partial charge is 0.255 e. The predicted molar refractivity (Wildman–Crippen MR) is 128 cm³/mol. The summed E-state index contributed by atoms with van der Waals surface area (Å²) < 4.78 is 25.5. The number of nitrogens with one attached hydrogen (secondary N) is 2. The zero-order valence-corrected chi connectivity index (χ0v) is 19.2. The molecular formula is C24H23N5O3S. The van der Waals surface area contributed by atoms with Gasteiger partial charge in [-0.1, -0.05) is 24.3 Å². The highest BCUT2D eigenvalue weighted by Crippen LogP contribution is 2.30. The minimum absolute atomic E-state index is 0.0793. The summed E-state index contributed by atoms with van der Waals surface area (Å²) in [6.45, 7) is 1.97. The Balaban J connectivity index is 1.72. The number of anilines is 3. The van der Waals surface area contributed by atoms with Crippen LogP contribution in [0.2, 0.25) is 0 Å². The lowest BCUT2D eigenvalue weighted by Crippen LogP contribution is -2.14. The molecule has 0 aliphatic heterocycles. The number of hydrogen-bond donors (Lipinski definition) is 2. The summed E-state index contributed by atoms with van der Waals surface area (Å²) in [4.78, 5) is 17.7. The van der Waals surface area contributed by atoms with Gasteiger partial charge in [-0.3, -0.25) is 9.48 Å². The summed E-state index contributed by atoms with van der Waals surface area (Å²) in [5.74, 6) is 0.0167. The zero-order chi connectivity index (χ0) is 23.6. The van der Waals surface area contributed by atoms with Crippen molar-refractivity contribution in [2.24, 2.45) is 7.05 Å². The fourth-order valence-electron chi connectivity index (χ4n) is 3.29. The molecule has 0 bridgehead atoms. The molecule has 0 saturated carbocycles. The molecule has 0 saturated heterocycles. The summed E-state index contributed by atoms with van der Waals surface area (Å²) in [7, 11) is -1.62. The van der Waals surface area contributed by atoms with Gasteiger partial charge in [0.25, 0.3) is 5.91 Å². The number of aromatic nitrogens is 3. The van der Waals surface area contributed by atoms with Crippen LogP contribution in [0.4, 0.5) is 17.2 Å². The lowest BCUT2D eigenvalue weighted by Gasteiger charge is -2.15. The second-order valence-electron chi connectivity index (χ2n) is 7.72. The number of para-hydroxylation sites is 1. The first-order valence-electron chi connectivity index (χ1n) is 10.1. The first kappa shape index (κ1) is 22.2. The second kappa shape index (κ2) is 8.87. The van der Waals surface area contributed by atoms with Crippen LogP contribution < -0.4 is 10.6 Å². The zero-order valence-electron chi connectivity index (χ0n) is 18.4. The number of rotatable bonds is 6. The number of pyridine rings is 1. The van der Waals surface area contributed by atoms with Gasteiger partial charge in [0.05, 0.1) is 16.8 Å². The number of nitrogens with zero attached hydrogens (tertiary/aromatic N) is 3. The van der Waals surface area contributed by atoms with Crippen LogP contribution in [-0.2, 0) is 16.9 Å². The van der Waals surface area contributed by atoms with Crippen LogP contribution in [-0.4, -0.2) is 35.3 Å². The minimum atomic E-state index is -3.44. The van der Waals surface area contributed by atoms with E-state index in [0.29, 0.717) is 11.5 Å². The summed E-state index contributed by atoms with van der Waals surface area (Å²) >= 11 is 0. The molecule has 9 heteroatoms. The Morgan fingerprint density at radius 2 is 1.76 bits per heavy atom. The van der Waals surface area contributed by atoms with Crippen molar-refractivity contribution < 1.29 is 13.2 Å². The number of amides is 1. The van der Waals surface area contributed by atoms with Crippen molar-refractivity contribution in [2.45, 2.75) is 11.8 Å². The van der Waals surface area contributed by atoms with Crippen molar-refractivity contribution in [2.75, 3.05) is 16.9 Å². The average Bonchev–Trinajstić information content (AvgIpc) is 3.22. The molecule has 8 nitrogen and oxygen atoms in total. The van der Waals surface area contributed by atoms with Gasteiger partial charge >= 0.3 is 0 Å².